The van der Waals surface area contributed by atoms with Crippen molar-refractivity contribution in [2.45, 2.75) is 95.7 Å². The SMILES string of the molecule is CC(C)OC(=O)CCC/C=C/CC1C(OP)CC(OP)C1CCC1(CCc2ccccc2)OCCO1. The largest absolute Gasteiger partial charge is 0.463 e. The van der Waals surface area contributed by atoms with Gasteiger partial charge in [0.15, 0.2) is 5.79 Å². The lowest BCUT2D eigenvalue weighted by Gasteiger charge is -2.31. The highest BCUT2D eigenvalue weighted by molar-refractivity contribution is 7.10. The first kappa shape index (κ1) is 29.7. The van der Waals surface area contributed by atoms with Crippen LogP contribution in [0.25, 0.3) is 0 Å². The van der Waals surface area contributed by atoms with Gasteiger partial charge in [0, 0.05) is 44.6 Å². The van der Waals surface area contributed by atoms with E-state index in [4.69, 9.17) is 23.3 Å². The molecule has 6 atom stereocenters. The maximum absolute atomic E-state index is 11.7. The van der Waals surface area contributed by atoms with Crippen molar-refractivity contribution in [1.82, 2.24) is 0 Å². The highest BCUT2D eigenvalue weighted by atomic mass is 31.0. The number of esters is 1. The molecule has 36 heavy (non-hydrogen) atoms. The predicted molar refractivity (Wildman–Crippen MR) is 148 cm³/mol. The fourth-order valence-corrected chi connectivity index (χ4v) is 6.13. The van der Waals surface area contributed by atoms with Crippen LogP contribution in [-0.4, -0.2) is 43.3 Å². The van der Waals surface area contributed by atoms with Crippen LogP contribution in [-0.2, 0) is 34.5 Å². The molecular formula is C28H44O6P2. The average Bonchev–Trinajstić information content (AvgIpc) is 3.48. The van der Waals surface area contributed by atoms with Crippen LogP contribution in [0.15, 0.2) is 42.5 Å². The molecule has 1 aromatic carbocycles. The highest BCUT2D eigenvalue weighted by Gasteiger charge is 2.45. The van der Waals surface area contributed by atoms with Crippen LogP contribution in [0.4, 0.5) is 0 Å². The van der Waals surface area contributed by atoms with Crippen molar-refractivity contribution in [1.29, 1.82) is 0 Å². The fraction of sp³-hybridized carbons (Fsp3) is 0.679. The summed E-state index contributed by atoms with van der Waals surface area (Å²) < 4.78 is 29.2. The monoisotopic (exact) mass is 538 g/mol. The number of hydrogen-bond donors (Lipinski definition) is 0. The molecule has 2 fully saturated rings. The van der Waals surface area contributed by atoms with E-state index in [1.54, 1.807) is 0 Å². The lowest BCUT2D eigenvalue weighted by Crippen LogP contribution is -2.33. The summed E-state index contributed by atoms with van der Waals surface area (Å²) in [6.45, 7) is 5.05. The fourth-order valence-electron chi connectivity index (χ4n) is 5.50. The molecule has 3 rings (SSSR count). The Bertz CT molecular complexity index is 796. The molecule has 1 aromatic rings. The van der Waals surface area contributed by atoms with Crippen LogP contribution in [0, 0.1) is 11.8 Å². The van der Waals surface area contributed by atoms with Crippen LogP contribution in [0.2, 0.25) is 0 Å². The second-order valence-electron chi connectivity index (χ2n) is 10.2. The number of ether oxygens (including phenoxy) is 3. The Hall–Kier alpha value is -0.870. The predicted octanol–water partition coefficient (Wildman–Crippen LogP) is 6.20. The standard InChI is InChI=1S/C28H44O6P2/c1-21(2)32-27(29)13-9-4-3-8-12-23-24(26(34-36)20-25(23)33-35)15-17-28(30-18-19-31-28)16-14-22-10-6-5-7-11-22/h3,5-8,10-11,21,23-26H,4,9,12-20,35-36H2,1-2H3/b8-3+. The van der Waals surface area contributed by atoms with E-state index in [2.05, 4.69) is 55.4 Å². The smallest absolute Gasteiger partial charge is 0.306 e. The van der Waals surface area contributed by atoms with Crippen LogP contribution in [0.3, 0.4) is 0 Å². The molecule has 0 aromatic heterocycles. The molecule has 1 aliphatic carbocycles. The third-order valence-electron chi connectivity index (χ3n) is 7.32. The van der Waals surface area contributed by atoms with Crippen molar-refractivity contribution in [3.8, 4) is 0 Å². The lowest BCUT2D eigenvalue weighted by atomic mass is 9.85. The van der Waals surface area contributed by atoms with Gasteiger partial charge in [-0.3, -0.25) is 4.79 Å². The molecule has 0 bridgehead atoms. The molecule has 1 saturated heterocycles. The highest BCUT2D eigenvalue weighted by Crippen LogP contribution is 2.44. The number of carbonyl (C=O) groups excluding carboxylic acids is 1. The quantitative estimate of drug-likeness (QED) is 0.115. The molecule has 6 nitrogen and oxygen atoms in total. The molecule has 202 valence electrons. The zero-order valence-electron chi connectivity index (χ0n) is 21.8. The van der Waals surface area contributed by atoms with Gasteiger partial charge in [0.1, 0.15) is 0 Å². The van der Waals surface area contributed by atoms with E-state index in [1.807, 2.05) is 19.9 Å². The zero-order chi connectivity index (χ0) is 25.8. The van der Waals surface area contributed by atoms with Gasteiger partial charge in [0.2, 0.25) is 0 Å². The van der Waals surface area contributed by atoms with Crippen molar-refractivity contribution < 1.29 is 28.1 Å². The van der Waals surface area contributed by atoms with Gasteiger partial charge in [0.25, 0.3) is 0 Å². The number of allylic oxidation sites excluding steroid dienone is 2. The van der Waals surface area contributed by atoms with E-state index in [0.29, 0.717) is 31.5 Å². The van der Waals surface area contributed by atoms with E-state index >= 15 is 0 Å². The number of carbonyl (C=O) groups is 1. The number of benzene rings is 1. The molecule has 1 aliphatic heterocycles. The Labute approximate surface area is 221 Å². The van der Waals surface area contributed by atoms with Crippen molar-refractivity contribution in [2.24, 2.45) is 11.8 Å². The number of rotatable bonds is 15. The zero-order valence-corrected chi connectivity index (χ0v) is 24.1. The van der Waals surface area contributed by atoms with Gasteiger partial charge in [0.05, 0.1) is 31.5 Å². The summed E-state index contributed by atoms with van der Waals surface area (Å²) in [5, 5.41) is 0. The molecule has 0 amide bonds. The Kier molecular flexibility index (Phi) is 12.8. The molecule has 1 saturated carbocycles. The summed E-state index contributed by atoms with van der Waals surface area (Å²) in [6, 6.07) is 10.5. The topological polar surface area (TPSA) is 63.2 Å². The molecule has 0 radical (unpaired) electrons. The van der Waals surface area contributed by atoms with Gasteiger partial charge >= 0.3 is 5.97 Å². The van der Waals surface area contributed by atoms with Gasteiger partial charge in [-0.1, -0.05) is 42.5 Å². The summed E-state index contributed by atoms with van der Waals surface area (Å²) >= 11 is 0. The Morgan fingerprint density at radius 3 is 2.42 bits per heavy atom. The molecule has 8 heteroatoms. The van der Waals surface area contributed by atoms with E-state index in [-0.39, 0.29) is 24.3 Å². The van der Waals surface area contributed by atoms with Gasteiger partial charge in [-0.15, -0.1) is 0 Å². The Morgan fingerprint density at radius 1 is 1.06 bits per heavy atom. The maximum Gasteiger partial charge on any atom is 0.306 e. The third-order valence-corrected chi connectivity index (χ3v) is 8.02. The lowest BCUT2D eigenvalue weighted by molar-refractivity contribution is -0.170. The van der Waals surface area contributed by atoms with Gasteiger partial charge < -0.3 is 23.3 Å². The first-order chi connectivity index (χ1) is 17.5. The summed E-state index contributed by atoms with van der Waals surface area (Å²) in [4.78, 5) is 11.7. The summed E-state index contributed by atoms with van der Waals surface area (Å²) in [5.41, 5.74) is 1.31. The minimum absolute atomic E-state index is 0.0550. The van der Waals surface area contributed by atoms with Crippen LogP contribution >= 0.6 is 18.9 Å². The molecule has 1 heterocycles. The average molecular weight is 539 g/mol. The summed E-state index contributed by atoms with van der Waals surface area (Å²) in [7, 11) is 4.91. The minimum Gasteiger partial charge on any atom is -0.463 e. The Morgan fingerprint density at radius 2 is 1.75 bits per heavy atom. The van der Waals surface area contributed by atoms with Crippen LogP contribution < -0.4 is 0 Å². The second kappa shape index (κ2) is 15.5. The second-order valence-corrected chi connectivity index (χ2v) is 10.7. The van der Waals surface area contributed by atoms with Crippen molar-refractivity contribution >= 4 is 24.9 Å². The van der Waals surface area contributed by atoms with Crippen molar-refractivity contribution in [2.75, 3.05) is 13.2 Å². The summed E-state index contributed by atoms with van der Waals surface area (Å²) in [5.74, 6) is 0.0539. The van der Waals surface area contributed by atoms with Gasteiger partial charge in [-0.25, -0.2) is 0 Å². The third kappa shape index (κ3) is 9.15. The normalized spacial score (nSPS) is 25.7. The van der Waals surface area contributed by atoms with Crippen LogP contribution in [0.1, 0.15) is 70.8 Å². The van der Waals surface area contributed by atoms with E-state index < -0.39 is 5.79 Å². The van der Waals surface area contributed by atoms with Gasteiger partial charge in [-0.05, 0) is 63.4 Å². The van der Waals surface area contributed by atoms with Crippen LogP contribution in [0.5, 0.6) is 0 Å². The molecular weight excluding hydrogens is 494 g/mol. The van der Waals surface area contributed by atoms with Crippen molar-refractivity contribution in [3.63, 3.8) is 0 Å². The first-order valence-electron chi connectivity index (χ1n) is 13.3. The van der Waals surface area contributed by atoms with E-state index in [0.717, 1.165) is 51.4 Å². The molecule has 0 N–H and O–H groups in total. The number of hydrogen-bond acceptors (Lipinski definition) is 6. The number of aryl methyl sites for hydroxylation is 1. The van der Waals surface area contributed by atoms with Gasteiger partial charge in [-0.2, -0.15) is 0 Å². The molecule has 6 unspecified atom stereocenters. The Balaban J connectivity index is 1.54. The van der Waals surface area contributed by atoms with Crippen molar-refractivity contribution in [3.05, 3.63) is 48.0 Å². The molecule has 2 aliphatic rings. The summed E-state index contributed by atoms with van der Waals surface area (Å²) in [6.07, 6.45) is 12.1. The van der Waals surface area contributed by atoms with E-state index in [9.17, 15) is 4.79 Å². The first-order valence-corrected chi connectivity index (χ1v) is 14.3. The minimum atomic E-state index is -0.522. The number of unbranched alkanes of at least 4 members (excludes halogenated alkanes) is 1. The van der Waals surface area contributed by atoms with E-state index in [1.165, 1.54) is 5.56 Å². The maximum atomic E-state index is 11.7. The molecule has 0 spiro atoms.